The minimum atomic E-state index is 0.584. The molecule has 0 radical (unpaired) electrons. The standard InChI is InChI=1S/C14H21Br2NO2/c1-10(2)9-19-5-4-17-8-11-6-12(15)7-13(16)14(11)18-3/h6-7,10,17H,4-5,8-9H2,1-3H3. The second-order valence-electron chi connectivity index (χ2n) is 4.73. The largest absolute Gasteiger partial charge is 0.495 e. The second-order valence-corrected chi connectivity index (χ2v) is 6.50. The maximum atomic E-state index is 5.52. The summed E-state index contributed by atoms with van der Waals surface area (Å²) in [6.07, 6.45) is 0. The average Bonchev–Trinajstić information content (AvgIpc) is 2.32. The van der Waals surface area contributed by atoms with Gasteiger partial charge in [0.15, 0.2) is 0 Å². The summed E-state index contributed by atoms with van der Waals surface area (Å²) in [5, 5.41) is 3.36. The fourth-order valence-electron chi connectivity index (χ4n) is 1.66. The molecule has 0 aromatic heterocycles. The minimum absolute atomic E-state index is 0.584. The van der Waals surface area contributed by atoms with Crippen LogP contribution in [0.4, 0.5) is 0 Å². The fourth-order valence-corrected chi connectivity index (χ4v) is 3.14. The van der Waals surface area contributed by atoms with E-state index in [1.807, 2.05) is 6.07 Å². The molecule has 1 N–H and O–H groups in total. The predicted octanol–water partition coefficient (Wildman–Crippen LogP) is 3.98. The van der Waals surface area contributed by atoms with Crippen LogP contribution in [0, 0.1) is 5.92 Å². The van der Waals surface area contributed by atoms with Crippen molar-refractivity contribution in [3.8, 4) is 5.75 Å². The number of methoxy groups -OCH3 is 1. The van der Waals surface area contributed by atoms with E-state index in [9.17, 15) is 0 Å². The Labute approximate surface area is 132 Å². The molecule has 1 rings (SSSR count). The van der Waals surface area contributed by atoms with Gasteiger partial charge in [0, 0.05) is 29.7 Å². The first kappa shape index (κ1) is 17.0. The van der Waals surface area contributed by atoms with Gasteiger partial charge in [-0.1, -0.05) is 29.8 Å². The van der Waals surface area contributed by atoms with Crippen LogP contribution in [0.25, 0.3) is 0 Å². The summed E-state index contributed by atoms with van der Waals surface area (Å²) in [7, 11) is 1.68. The Bertz CT molecular complexity index is 397. The summed E-state index contributed by atoms with van der Waals surface area (Å²) in [5.74, 6) is 1.46. The monoisotopic (exact) mass is 393 g/mol. The molecular formula is C14H21Br2NO2. The van der Waals surface area contributed by atoms with Crippen molar-refractivity contribution in [1.29, 1.82) is 0 Å². The number of halogens is 2. The van der Waals surface area contributed by atoms with E-state index in [2.05, 4.69) is 57.1 Å². The lowest BCUT2D eigenvalue weighted by atomic mass is 10.2. The molecule has 0 aliphatic carbocycles. The van der Waals surface area contributed by atoms with E-state index in [0.29, 0.717) is 5.92 Å². The van der Waals surface area contributed by atoms with Crippen LogP contribution in [0.3, 0.4) is 0 Å². The molecule has 0 aliphatic heterocycles. The Morgan fingerprint density at radius 2 is 2.00 bits per heavy atom. The normalized spacial score (nSPS) is 11.1. The van der Waals surface area contributed by atoms with Crippen molar-refractivity contribution >= 4 is 31.9 Å². The third kappa shape index (κ3) is 6.25. The van der Waals surface area contributed by atoms with Crippen LogP contribution < -0.4 is 10.1 Å². The molecule has 0 fully saturated rings. The van der Waals surface area contributed by atoms with Crippen molar-refractivity contribution in [2.24, 2.45) is 5.92 Å². The van der Waals surface area contributed by atoms with Gasteiger partial charge in [0.1, 0.15) is 5.75 Å². The van der Waals surface area contributed by atoms with Gasteiger partial charge in [-0.15, -0.1) is 0 Å². The summed E-state index contributed by atoms with van der Waals surface area (Å²) in [6, 6.07) is 4.04. The van der Waals surface area contributed by atoms with E-state index < -0.39 is 0 Å². The van der Waals surface area contributed by atoms with Crippen molar-refractivity contribution in [2.75, 3.05) is 26.9 Å². The first-order valence-electron chi connectivity index (χ1n) is 6.35. The van der Waals surface area contributed by atoms with E-state index >= 15 is 0 Å². The van der Waals surface area contributed by atoms with Crippen LogP contribution in [-0.4, -0.2) is 26.9 Å². The van der Waals surface area contributed by atoms with Crippen molar-refractivity contribution in [3.05, 3.63) is 26.6 Å². The smallest absolute Gasteiger partial charge is 0.137 e. The van der Waals surface area contributed by atoms with Crippen LogP contribution >= 0.6 is 31.9 Å². The zero-order valence-electron chi connectivity index (χ0n) is 11.6. The number of hydrogen-bond donors (Lipinski definition) is 1. The van der Waals surface area contributed by atoms with Gasteiger partial charge in [0.25, 0.3) is 0 Å². The number of hydrogen-bond acceptors (Lipinski definition) is 3. The summed E-state index contributed by atoms with van der Waals surface area (Å²) < 4.78 is 12.9. The molecule has 0 amide bonds. The van der Waals surface area contributed by atoms with Crippen molar-refractivity contribution in [3.63, 3.8) is 0 Å². The van der Waals surface area contributed by atoms with Crippen LogP contribution in [0.2, 0.25) is 0 Å². The van der Waals surface area contributed by atoms with E-state index in [1.54, 1.807) is 7.11 Å². The molecule has 0 unspecified atom stereocenters. The van der Waals surface area contributed by atoms with Gasteiger partial charge in [0.2, 0.25) is 0 Å². The molecule has 0 aliphatic rings. The quantitative estimate of drug-likeness (QED) is 0.676. The average molecular weight is 395 g/mol. The zero-order chi connectivity index (χ0) is 14.3. The van der Waals surface area contributed by atoms with E-state index in [-0.39, 0.29) is 0 Å². The molecule has 0 saturated carbocycles. The van der Waals surface area contributed by atoms with Gasteiger partial charge in [-0.25, -0.2) is 0 Å². The predicted molar refractivity (Wildman–Crippen MR) is 85.8 cm³/mol. The highest BCUT2D eigenvalue weighted by atomic mass is 79.9. The lowest BCUT2D eigenvalue weighted by molar-refractivity contribution is 0.111. The van der Waals surface area contributed by atoms with Gasteiger partial charge < -0.3 is 14.8 Å². The van der Waals surface area contributed by atoms with E-state index in [1.165, 1.54) is 0 Å². The maximum absolute atomic E-state index is 5.52. The summed E-state index contributed by atoms with van der Waals surface area (Å²) in [5.41, 5.74) is 1.12. The van der Waals surface area contributed by atoms with Gasteiger partial charge >= 0.3 is 0 Å². The lowest BCUT2D eigenvalue weighted by Crippen LogP contribution is -2.20. The topological polar surface area (TPSA) is 30.5 Å². The zero-order valence-corrected chi connectivity index (χ0v) is 14.8. The van der Waals surface area contributed by atoms with Crippen LogP contribution in [0.15, 0.2) is 21.1 Å². The molecule has 0 heterocycles. The molecule has 5 heteroatoms. The summed E-state index contributed by atoms with van der Waals surface area (Å²) >= 11 is 6.99. The molecule has 1 aromatic rings. The van der Waals surface area contributed by atoms with Gasteiger partial charge in [0.05, 0.1) is 18.2 Å². The highest BCUT2D eigenvalue weighted by Crippen LogP contribution is 2.32. The van der Waals surface area contributed by atoms with E-state index in [4.69, 9.17) is 9.47 Å². The molecule has 1 aromatic carbocycles. The molecule has 3 nitrogen and oxygen atoms in total. The molecular weight excluding hydrogens is 374 g/mol. The van der Waals surface area contributed by atoms with Crippen LogP contribution in [0.1, 0.15) is 19.4 Å². The number of rotatable bonds is 8. The number of nitrogens with one attached hydrogen (secondary N) is 1. The Morgan fingerprint density at radius 3 is 2.63 bits per heavy atom. The molecule has 0 bridgehead atoms. The Morgan fingerprint density at radius 1 is 1.26 bits per heavy atom. The third-order valence-corrected chi connectivity index (χ3v) is 3.53. The lowest BCUT2D eigenvalue weighted by Gasteiger charge is -2.12. The van der Waals surface area contributed by atoms with Crippen molar-refractivity contribution < 1.29 is 9.47 Å². The van der Waals surface area contributed by atoms with Gasteiger partial charge in [-0.05, 0) is 34.0 Å². The molecule has 0 saturated heterocycles. The second kappa shape index (κ2) is 8.95. The third-order valence-electron chi connectivity index (χ3n) is 2.48. The van der Waals surface area contributed by atoms with E-state index in [0.717, 1.165) is 46.6 Å². The molecule has 0 spiro atoms. The first-order valence-corrected chi connectivity index (χ1v) is 7.93. The highest BCUT2D eigenvalue weighted by molar-refractivity contribution is 9.11. The summed E-state index contributed by atoms with van der Waals surface area (Å²) in [4.78, 5) is 0. The molecule has 0 atom stereocenters. The van der Waals surface area contributed by atoms with Gasteiger partial charge in [-0.2, -0.15) is 0 Å². The Balaban J connectivity index is 2.40. The number of ether oxygens (including phenoxy) is 2. The molecule has 19 heavy (non-hydrogen) atoms. The minimum Gasteiger partial charge on any atom is -0.495 e. The summed E-state index contributed by atoms with van der Waals surface area (Å²) in [6.45, 7) is 7.43. The SMILES string of the molecule is COc1c(Br)cc(Br)cc1CNCCOCC(C)C. The van der Waals surface area contributed by atoms with Crippen molar-refractivity contribution in [2.45, 2.75) is 20.4 Å². The first-order chi connectivity index (χ1) is 9.04. The Kier molecular flexibility index (Phi) is 7.99. The van der Waals surface area contributed by atoms with Gasteiger partial charge in [-0.3, -0.25) is 0 Å². The Hall–Kier alpha value is -0.100. The molecule has 108 valence electrons. The van der Waals surface area contributed by atoms with Crippen LogP contribution in [-0.2, 0) is 11.3 Å². The highest BCUT2D eigenvalue weighted by Gasteiger charge is 2.08. The maximum Gasteiger partial charge on any atom is 0.137 e. The van der Waals surface area contributed by atoms with Crippen molar-refractivity contribution in [1.82, 2.24) is 5.32 Å². The van der Waals surface area contributed by atoms with Crippen LogP contribution in [0.5, 0.6) is 5.75 Å². The fraction of sp³-hybridized carbons (Fsp3) is 0.571. The number of benzene rings is 1.